The molecular formula is C14H14N4O. The molecule has 0 saturated heterocycles. The number of aromatic nitrogens is 4. The molecule has 3 heterocycles. The molecule has 3 aromatic heterocycles. The van der Waals surface area contributed by atoms with Gasteiger partial charge in [0.2, 0.25) is 0 Å². The molecule has 0 fully saturated rings. The van der Waals surface area contributed by atoms with Gasteiger partial charge in [0.25, 0.3) is 0 Å². The van der Waals surface area contributed by atoms with Gasteiger partial charge in [-0.25, -0.2) is 15.0 Å². The van der Waals surface area contributed by atoms with Crippen molar-refractivity contribution in [2.45, 2.75) is 13.8 Å². The zero-order valence-electron chi connectivity index (χ0n) is 10.9. The van der Waals surface area contributed by atoms with Gasteiger partial charge < -0.3 is 9.14 Å². The molecule has 0 bridgehead atoms. The fraction of sp³-hybridized carbons (Fsp3) is 0.214. The fourth-order valence-electron chi connectivity index (χ4n) is 1.96. The molecule has 19 heavy (non-hydrogen) atoms. The summed E-state index contributed by atoms with van der Waals surface area (Å²) >= 11 is 0. The normalized spacial score (nSPS) is 10.8. The highest BCUT2D eigenvalue weighted by molar-refractivity contribution is 5.66. The molecule has 0 amide bonds. The van der Waals surface area contributed by atoms with E-state index in [4.69, 9.17) is 4.74 Å². The number of aryl methyl sites for hydroxylation is 1. The SMILES string of the molecule is CCOc1ncc(-c2ccn3c(C)cnc3c2)cn1. The lowest BCUT2D eigenvalue weighted by atomic mass is 10.1. The summed E-state index contributed by atoms with van der Waals surface area (Å²) in [6, 6.07) is 4.45. The monoisotopic (exact) mass is 254 g/mol. The average molecular weight is 254 g/mol. The molecular weight excluding hydrogens is 240 g/mol. The largest absolute Gasteiger partial charge is 0.464 e. The first-order valence-electron chi connectivity index (χ1n) is 6.17. The summed E-state index contributed by atoms with van der Waals surface area (Å²) in [5.74, 6) is 0. The molecule has 96 valence electrons. The molecule has 0 aliphatic rings. The van der Waals surface area contributed by atoms with Crippen LogP contribution in [0.4, 0.5) is 0 Å². The van der Waals surface area contributed by atoms with Crippen LogP contribution in [0.1, 0.15) is 12.6 Å². The van der Waals surface area contributed by atoms with E-state index < -0.39 is 0 Å². The zero-order valence-corrected chi connectivity index (χ0v) is 10.9. The van der Waals surface area contributed by atoms with E-state index in [1.54, 1.807) is 12.4 Å². The number of hydrogen-bond acceptors (Lipinski definition) is 4. The molecule has 5 heteroatoms. The third kappa shape index (κ3) is 2.14. The van der Waals surface area contributed by atoms with Crippen LogP contribution in [0.25, 0.3) is 16.8 Å². The Balaban J connectivity index is 1.98. The third-order valence-electron chi connectivity index (χ3n) is 2.93. The second-order valence-electron chi connectivity index (χ2n) is 4.23. The van der Waals surface area contributed by atoms with Crippen molar-refractivity contribution in [3.8, 4) is 17.1 Å². The van der Waals surface area contributed by atoms with Crippen LogP contribution in [0, 0.1) is 6.92 Å². The first-order chi connectivity index (χ1) is 9.28. The van der Waals surface area contributed by atoms with Crippen molar-refractivity contribution >= 4 is 5.65 Å². The number of fused-ring (bicyclic) bond motifs is 1. The quantitative estimate of drug-likeness (QED) is 0.720. The van der Waals surface area contributed by atoms with Crippen molar-refractivity contribution in [2.75, 3.05) is 6.61 Å². The molecule has 0 aromatic carbocycles. The number of rotatable bonds is 3. The summed E-state index contributed by atoms with van der Waals surface area (Å²) in [4.78, 5) is 12.7. The highest BCUT2D eigenvalue weighted by Gasteiger charge is 2.04. The van der Waals surface area contributed by atoms with Gasteiger partial charge in [-0.15, -0.1) is 0 Å². The number of pyridine rings is 1. The van der Waals surface area contributed by atoms with Crippen LogP contribution in [-0.2, 0) is 0 Å². The minimum atomic E-state index is 0.406. The summed E-state index contributed by atoms with van der Waals surface area (Å²) in [7, 11) is 0. The van der Waals surface area contributed by atoms with Gasteiger partial charge in [0.15, 0.2) is 0 Å². The predicted molar refractivity (Wildman–Crippen MR) is 72.1 cm³/mol. The van der Waals surface area contributed by atoms with Gasteiger partial charge in [-0.05, 0) is 31.5 Å². The van der Waals surface area contributed by atoms with Crippen molar-refractivity contribution in [3.63, 3.8) is 0 Å². The maximum absolute atomic E-state index is 5.23. The van der Waals surface area contributed by atoms with Gasteiger partial charge in [0, 0.05) is 36.0 Å². The van der Waals surface area contributed by atoms with Gasteiger partial charge in [-0.2, -0.15) is 0 Å². The molecule has 5 nitrogen and oxygen atoms in total. The molecule has 3 rings (SSSR count). The van der Waals surface area contributed by atoms with Crippen LogP contribution in [-0.4, -0.2) is 26.0 Å². The summed E-state index contributed by atoms with van der Waals surface area (Å²) in [5, 5.41) is 0. The van der Waals surface area contributed by atoms with Crippen molar-refractivity contribution in [2.24, 2.45) is 0 Å². The maximum atomic E-state index is 5.23. The summed E-state index contributed by atoms with van der Waals surface area (Å²) in [6.45, 7) is 4.50. The van der Waals surface area contributed by atoms with Crippen LogP contribution < -0.4 is 4.74 Å². The molecule has 0 saturated carbocycles. The fourth-order valence-corrected chi connectivity index (χ4v) is 1.96. The number of ether oxygens (including phenoxy) is 1. The maximum Gasteiger partial charge on any atom is 0.316 e. The molecule has 0 radical (unpaired) electrons. The van der Waals surface area contributed by atoms with E-state index in [1.165, 1.54) is 0 Å². The first-order valence-corrected chi connectivity index (χ1v) is 6.17. The second-order valence-corrected chi connectivity index (χ2v) is 4.23. The molecule has 0 spiro atoms. The van der Waals surface area contributed by atoms with Crippen LogP contribution in [0.5, 0.6) is 6.01 Å². The van der Waals surface area contributed by atoms with Crippen LogP contribution in [0.3, 0.4) is 0 Å². The van der Waals surface area contributed by atoms with Gasteiger partial charge in [-0.3, -0.25) is 0 Å². The van der Waals surface area contributed by atoms with Crippen LogP contribution in [0.2, 0.25) is 0 Å². The summed E-state index contributed by atoms with van der Waals surface area (Å²) in [6.07, 6.45) is 7.39. The van der Waals surface area contributed by atoms with Gasteiger partial charge >= 0.3 is 6.01 Å². The Morgan fingerprint density at radius 2 is 1.89 bits per heavy atom. The Morgan fingerprint density at radius 1 is 1.11 bits per heavy atom. The molecule has 0 unspecified atom stereocenters. The lowest BCUT2D eigenvalue weighted by molar-refractivity contribution is 0.312. The van der Waals surface area contributed by atoms with E-state index >= 15 is 0 Å². The summed E-state index contributed by atoms with van der Waals surface area (Å²) < 4.78 is 7.27. The topological polar surface area (TPSA) is 52.3 Å². The van der Waals surface area contributed by atoms with E-state index in [2.05, 4.69) is 15.0 Å². The van der Waals surface area contributed by atoms with Crippen molar-refractivity contribution < 1.29 is 4.74 Å². The molecule has 3 aromatic rings. The molecule has 0 aliphatic heterocycles. The Kier molecular flexibility index (Phi) is 2.87. The van der Waals surface area contributed by atoms with Gasteiger partial charge in [-0.1, -0.05) is 0 Å². The van der Waals surface area contributed by atoms with Crippen molar-refractivity contribution in [3.05, 3.63) is 42.6 Å². The third-order valence-corrected chi connectivity index (χ3v) is 2.93. The first kappa shape index (κ1) is 11.6. The second kappa shape index (κ2) is 4.68. The molecule has 0 N–H and O–H groups in total. The average Bonchev–Trinajstić information content (AvgIpc) is 2.81. The van der Waals surface area contributed by atoms with Crippen molar-refractivity contribution in [1.29, 1.82) is 0 Å². The minimum absolute atomic E-state index is 0.406. The predicted octanol–water partition coefficient (Wildman–Crippen LogP) is 2.50. The minimum Gasteiger partial charge on any atom is -0.464 e. The van der Waals surface area contributed by atoms with Crippen LogP contribution in [0.15, 0.2) is 36.9 Å². The van der Waals surface area contributed by atoms with E-state index in [0.29, 0.717) is 12.6 Å². The van der Waals surface area contributed by atoms with Gasteiger partial charge in [0.05, 0.1) is 6.61 Å². The van der Waals surface area contributed by atoms with E-state index in [0.717, 1.165) is 22.5 Å². The van der Waals surface area contributed by atoms with E-state index in [9.17, 15) is 0 Å². The number of hydrogen-bond donors (Lipinski definition) is 0. The lowest BCUT2D eigenvalue weighted by Gasteiger charge is -2.04. The number of imidazole rings is 1. The van der Waals surface area contributed by atoms with E-state index in [1.807, 2.05) is 42.8 Å². The molecule has 0 aliphatic carbocycles. The molecule has 0 atom stereocenters. The highest BCUT2D eigenvalue weighted by Crippen LogP contribution is 2.20. The summed E-state index contributed by atoms with van der Waals surface area (Å²) in [5.41, 5.74) is 4.03. The van der Waals surface area contributed by atoms with E-state index in [-0.39, 0.29) is 0 Å². The Bertz CT molecular complexity index is 703. The number of nitrogens with zero attached hydrogens (tertiary/aromatic N) is 4. The standard InChI is InChI=1S/C14H14N4O/c1-3-19-14-16-8-12(9-17-14)11-4-5-18-10(2)7-15-13(18)6-11/h4-9H,3H2,1-2H3. The highest BCUT2D eigenvalue weighted by atomic mass is 16.5. The van der Waals surface area contributed by atoms with Crippen LogP contribution >= 0.6 is 0 Å². The zero-order chi connectivity index (χ0) is 13.2. The Hall–Kier alpha value is -2.43. The lowest BCUT2D eigenvalue weighted by Crippen LogP contribution is -1.97. The van der Waals surface area contributed by atoms with Crippen molar-refractivity contribution in [1.82, 2.24) is 19.4 Å². The van der Waals surface area contributed by atoms with Gasteiger partial charge in [0.1, 0.15) is 5.65 Å². The smallest absolute Gasteiger partial charge is 0.316 e. The Labute approximate surface area is 110 Å². The Morgan fingerprint density at radius 3 is 2.63 bits per heavy atom.